The second-order valence-electron chi connectivity index (χ2n) is 13.3. The Hall–Kier alpha value is -5.31. The number of carboxylic acid groups (broad SMARTS) is 1. The average Bonchev–Trinajstić information content (AvgIpc) is 3.61. The van der Waals surface area contributed by atoms with Gasteiger partial charge in [0.05, 0.1) is 12.0 Å². The number of carbonyl (C=O) groups is 3. The number of amides is 1. The summed E-state index contributed by atoms with van der Waals surface area (Å²) in [6, 6.07) is 25.9. The van der Waals surface area contributed by atoms with Crippen molar-refractivity contribution in [1.29, 1.82) is 0 Å². The summed E-state index contributed by atoms with van der Waals surface area (Å²) in [5, 5.41) is 10.9. The molecule has 0 unspecified atom stereocenters. The lowest BCUT2D eigenvalue weighted by atomic mass is 9.89. The quantitative estimate of drug-likeness (QED) is 0.130. The largest absolute Gasteiger partial charge is 0.481 e. The third-order valence-electron chi connectivity index (χ3n) is 9.44. The van der Waals surface area contributed by atoms with Gasteiger partial charge in [-0.1, -0.05) is 86.6 Å². The first-order valence-corrected chi connectivity index (χ1v) is 16.6. The Labute approximate surface area is 285 Å². The van der Waals surface area contributed by atoms with E-state index in [1.807, 2.05) is 85.3 Å². The highest BCUT2D eigenvalue weighted by Crippen LogP contribution is 2.44. The van der Waals surface area contributed by atoms with E-state index in [2.05, 4.69) is 17.1 Å². The lowest BCUT2D eigenvalue weighted by Gasteiger charge is -2.28. The minimum absolute atomic E-state index is 0.0751. The van der Waals surface area contributed by atoms with Crippen molar-refractivity contribution in [2.75, 3.05) is 13.7 Å². The number of pyridine rings is 1. The van der Waals surface area contributed by atoms with Crippen LogP contribution in [0.25, 0.3) is 22.0 Å². The molecule has 1 aliphatic carbocycles. The Balaban J connectivity index is 1.28. The van der Waals surface area contributed by atoms with Crippen LogP contribution in [-0.4, -0.2) is 57.1 Å². The highest BCUT2D eigenvalue weighted by Gasteiger charge is 2.34. The second kappa shape index (κ2) is 14.4. The van der Waals surface area contributed by atoms with Crippen LogP contribution >= 0.6 is 0 Å². The first-order chi connectivity index (χ1) is 23.6. The van der Waals surface area contributed by atoms with E-state index in [-0.39, 0.29) is 37.1 Å². The molecule has 3 aromatic carbocycles. The number of carbonyl (C=O) groups excluding carboxylic acids is 2. The molecule has 6 rings (SSSR count). The molecule has 0 fully saturated rings. The molecule has 49 heavy (non-hydrogen) atoms. The second-order valence-corrected chi connectivity index (χ2v) is 13.3. The third-order valence-corrected chi connectivity index (χ3v) is 9.44. The standard InChI is InChI=1S/C40H40FN3O5/c1-25(2)18-27(39(46)47)20-37(45)36(19-28-23-44(35-15-9-8-10-29(28)35)22-26-16-17-38(41)42-21-26)43(3)40(48)49-24-34-32-13-6-4-11-30(32)31-12-5-7-14-33(31)34/h4-17,21,23,25,27,34,36H,18-20,22,24H2,1-3H3,(H,46,47)/t27-,36+/m1/s1. The average molecular weight is 662 g/mol. The van der Waals surface area contributed by atoms with Gasteiger partial charge >= 0.3 is 12.1 Å². The summed E-state index contributed by atoms with van der Waals surface area (Å²) in [4.78, 5) is 45.2. The maximum atomic E-state index is 14.1. The molecule has 1 amide bonds. The minimum Gasteiger partial charge on any atom is -0.481 e. The van der Waals surface area contributed by atoms with Crippen molar-refractivity contribution >= 4 is 28.7 Å². The summed E-state index contributed by atoms with van der Waals surface area (Å²) >= 11 is 0. The van der Waals surface area contributed by atoms with E-state index in [4.69, 9.17) is 4.74 Å². The fraction of sp³-hybridized carbons (Fsp3) is 0.300. The zero-order chi connectivity index (χ0) is 34.7. The third kappa shape index (κ3) is 7.26. The number of nitrogens with zero attached hydrogens (tertiary/aromatic N) is 3. The molecule has 5 aromatic rings. The number of ketones is 1. The van der Waals surface area contributed by atoms with Crippen molar-refractivity contribution < 1.29 is 28.6 Å². The number of hydrogen-bond donors (Lipinski definition) is 1. The molecule has 0 spiro atoms. The van der Waals surface area contributed by atoms with E-state index in [0.29, 0.717) is 13.0 Å². The van der Waals surface area contributed by atoms with E-state index in [1.54, 1.807) is 13.1 Å². The van der Waals surface area contributed by atoms with Gasteiger partial charge in [0, 0.05) is 55.6 Å². The molecule has 0 aliphatic heterocycles. The number of ether oxygens (including phenoxy) is 1. The zero-order valence-electron chi connectivity index (χ0n) is 27.9. The molecule has 2 atom stereocenters. The maximum Gasteiger partial charge on any atom is 0.410 e. The number of rotatable bonds is 13. The Morgan fingerprint density at radius 1 is 0.939 bits per heavy atom. The molecular formula is C40H40FN3O5. The van der Waals surface area contributed by atoms with Crippen LogP contribution in [0, 0.1) is 17.8 Å². The van der Waals surface area contributed by atoms with Gasteiger partial charge in [0.25, 0.3) is 0 Å². The first-order valence-electron chi connectivity index (χ1n) is 16.6. The first kappa shape index (κ1) is 33.6. The van der Waals surface area contributed by atoms with Crippen molar-refractivity contribution in [3.05, 3.63) is 126 Å². The Kier molecular flexibility index (Phi) is 9.90. The summed E-state index contributed by atoms with van der Waals surface area (Å²) in [7, 11) is 1.54. The molecule has 2 heterocycles. The van der Waals surface area contributed by atoms with Crippen molar-refractivity contribution in [1.82, 2.24) is 14.5 Å². The molecular weight excluding hydrogens is 621 g/mol. The van der Waals surface area contributed by atoms with Crippen molar-refractivity contribution in [3.63, 3.8) is 0 Å². The predicted octanol–water partition coefficient (Wildman–Crippen LogP) is 7.72. The topological polar surface area (TPSA) is 102 Å². The van der Waals surface area contributed by atoms with Gasteiger partial charge in [-0.05, 0) is 57.9 Å². The molecule has 1 aliphatic rings. The zero-order valence-corrected chi connectivity index (χ0v) is 27.9. The van der Waals surface area contributed by atoms with Gasteiger partial charge < -0.3 is 19.3 Å². The van der Waals surface area contributed by atoms with Crippen LogP contribution in [0.2, 0.25) is 0 Å². The number of carboxylic acids is 1. The number of likely N-dealkylation sites (N-methyl/N-ethyl adjacent to an activating group) is 1. The molecule has 252 valence electrons. The lowest BCUT2D eigenvalue weighted by molar-refractivity contribution is -0.144. The van der Waals surface area contributed by atoms with E-state index in [1.165, 1.54) is 17.2 Å². The molecule has 9 heteroatoms. The number of aliphatic carboxylic acids is 1. The molecule has 0 bridgehead atoms. The van der Waals surface area contributed by atoms with Crippen LogP contribution in [0.1, 0.15) is 54.9 Å². The predicted molar refractivity (Wildman–Crippen MR) is 186 cm³/mol. The Morgan fingerprint density at radius 2 is 1.59 bits per heavy atom. The van der Waals surface area contributed by atoms with Crippen LogP contribution in [0.5, 0.6) is 0 Å². The van der Waals surface area contributed by atoms with Crippen LogP contribution in [0.4, 0.5) is 9.18 Å². The van der Waals surface area contributed by atoms with Gasteiger partial charge in [0.2, 0.25) is 5.95 Å². The van der Waals surface area contributed by atoms with Gasteiger partial charge in [-0.15, -0.1) is 0 Å². The van der Waals surface area contributed by atoms with E-state index < -0.39 is 30.0 Å². The number of halogens is 1. The number of benzene rings is 3. The summed E-state index contributed by atoms with van der Waals surface area (Å²) in [6.45, 7) is 4.36. The number of hydrogen-bond acceptors (Lipinski definition) is 5. The number of para-hydroxylation sites is 1. The Bertz CT molecular complexity index is 1940. The van der Waals surface area contributed by atoms with Crippen molar-refractivity contribution in [2.45, 2.75) is 51.6 Å². The normalized spacial score (nSPS) is 13.6. The molecule has 0 saturated carbocycles. The summed E-state index contributed by atoms with van der Waals surface area (Å²) < 4.78 is 21.4. The van der Waals surface area contributed by atoms with Gasteiger partial charge in [-0.3, -0.25) is 9.59 Å². The van der Waals surface area contributed by atoms with Crippen LogP contribution in [-0.2, 0) is 27.3 Å². The minimum atomic E-state index is -1.03. The maximum absolute atomic E-state index is 14.1. The van der Waals surface area contributed by atoms with Crippen LogP contribution in [0.3, 0.4) is 0 Å². The van der Waals surface area contributed by atoms with Gasteiger partial charge in [0.15, 0.2) is 5.78 Å². The molecule has 0 radical (unpaired) electrons. The van der Waals surface area contributed by atoms with Crippen molar-refractivity contribution in [2.24, 2.45) is 11.8 Å². The van der Waals surface area contributed by atoms with E-state index >= 15 is 0 Å². The highest BCUT2D eigenvalue weighted by atomic mass is 19.1. The fourth-order valence-corrected chi connectivity index (χ4v) is 7.03. The summed E-state index contributed by atoms with van der Waals surface area (Å²) in [5.41, 5.74) is 6.90. The van der Waals surface area contributed by atoms with E-state index in [9.17, 15) is 23.9 Å². The fourth-order valence-electron chi connectivity index (χ4n) is 7.03. The van der Waals surface area contributed by atoms with Crippen LogP contribution in [0.15, 0.2) is 97.3 Å². The number of fused-ring (bicyclic) bond motifs is 4. The van der Waals surface area contributed by atoms with Crippen molar-refractivity contribution in [3.8, 4) is 11.1 Å². The molecule has 2 aromatic heterocycles. The number of Topliss-reactive ketones (excluding diaryl/α,β-unsaturated/α-hetero) is 1. The SMILES string of the molecule is CC(C)C[C@H](CC(=O)[C@H](Cc1cn(Cc2ccc(F)nc2)c2ccccc12)N(C)C(=O)OCC1c2ccccc2-c2ccccc21)C(=O)O. The summed E-state index contributed by atoms with van der Waals surface area (Å²) in [6.07, 6.45) is 3.05. The van der Waals surface area contributed by atoms with Crippen LogP contribution < -0.4 is 0 Å². The monoisotopic (exact) mass is 661 g/mol. The molecule has 1 N–H and O–H groups in total. The molecule has 0 saturated heterocycles. The Morgan fingerprint density at radius 3 is 2.22 bits per heavy atom. The van der Waals surface area contributed by atoms with Gasteiger partial charge in [0.1, 0.15) is 6.61 Å². The smallest absolute Gasteiger partial charge is 0.410 e. The summed E-state index contributed by atoms with van der Waals surface area (Å²) in [5.74, 6) is -2.89. The lowest BCUT2D eigenvalue weighted by Crippen LogP contribution is -2.45. The van der Waals surface area contributed by atoms with E-state index in [0.717, 1.165) is 44.3 Å². The number of aromatic nitrogens is 2. The highest BCUT2D eigenvalue weighted by molar-refractivity contribution is 5.92. The van der Waals surface area contributed by atoms with Gasteiger partial charge in [-0.2, -0.15) is 4.39 Å². The molecule has 8 nitrogen and oxygen atoms in total. The van der Waals surface area contributed by atoms with Gasteiger partial charge in [-0.25, -0.2) is 9.78 Å².